The van der Waals surface area contributed by atoms with E-state index in [0.29, 0.717) is 18.1 Å². The first-order valence-electron chi connectivity index (χ1n) is 6.99. The van der Waals surface area contributed by atoms with Crippen LogP contribution < -0.4 is 5.32 Å². The number of hydrogen-bond donors (Lipinski definition) is 1. The third-order valence-corrected chi connectivity index (χ3v) is 4.28. The highest BCUT2D eigenvalue weighted by Gasteiger charge is 2.27. The molecule has 0 aliphatic carbocycles. The van der Waals surface area contributed by atoms with Gasteiger partial charge < -0.3 is 10.1 Å². The van der Waals surface area contributed by atoms with Crippen molar-refractivity contribution in [1.29, 1.82) is 0 Å². The summed E-state index contributed by atoms with van der Waals surface area (Å²) < 4.78 is 5.76. The molecular weight excluding hydrogens is 254 g/mol. The maximum absolute atomic E-state index is 5.76. The monoisotopic (exact) mass is 277 g/mol. The molecule has 0 aromatic heterocycles. The van der Waals surface area contributed by atoms with Crippen LogP contribution in [0.4, 0.5) is 5.69 Å². The lowest BCUT2D eigenvalue weighted by Crippen LogP contribution is -2.35. The Bertz CT molecular complexity index is 462. The predicted octanol–water partition coefficient (Wildman–Crippen LogP) is 4.25. The number of hydrogen-bond acceptors (Lipinski definition) is 2. The Labute approximate surface area is 121 Å². The summed E-state index contributed by atoms with van der Waals surface area (Å²) in [4.78, 5) is 0.949. The summed E-state index contributed by atoms with van der Waals surface area (Å²) in [6.07, 6.45) is 2.63. The second-order valence-electron chi connectivity index (χ2n) is 5.71. The highest BCUT2D eigenvalue weighted by molar-refractivity contribution is 7.80. The van der Waals surface area contributed by atoms with Crippen LogP contribution in [0.3, 0.4) is 0 Å². The van der Waals surface area contributed by atoms with Gasteiger partial charge in [-0.25, -0.2) is 0 Å². The summed E-state index contributed by atoms with van der Waals surface area (Å²) in [5.41, 5.74) is 3.70. The van der Waals surface area contributed by atoms with E-state index >= 15 is 0 Å². The number of nitrogens with one attached hydrogen (secondary N) is 1. The minimum absolute atomic E-state index is 0.299. The normalized spacial score (nSPS) is 27.1. The van der Waals surface area contributed by atoms with E-state index in [9.17, 15) is 0 Å². The van der Waals surface area contributed by atoms with Gasteiger partial charge in [-0.1, -0.05) is 18.3 Å². The summed E-state index contributed by atoms with van der Waals surface area (Å²) in [7, 11) is 0. The second-order valence-corrected chi connectivity index (χ2v) is 6.15. The molecule has 1 aliphatic rings. The standard InChI is InChI=1S/C16H23NOS/c1-10-5-6-15(7-11(10)2)17-16(19)14-8-12(3)18-13(4)9-14/h5-7,12-14H,8-9H2,1-4H3,(H,17,19)/t12-,13-/m1/s1. The Morgan fingerprint density at radius 1 is 1.16 bits per heavy atom. The molecule has 0 spiro atoms. The SMILES string of the molecule is Cc1ccc(NC(=S)C2C[C@@H](C)O[C@H](C)C2)cc1C. The van der Waals surface area contributed by atoms with E-state index in [0.717, 1.165) is 23.5 Å². The molecule has 2 nitrogen and oxygen atoms in total. The van der Waals surface area contributed by atoms with Crippen LogP contribution in [-0.4, -0.2) is 17.2 Å². The number of aryl methyl sites for hydroxylation is 2. The van der Waals surface area contributed by atoms with E-state index in [4.69, 9.17) is 17.0 Å². The molecule has 0 radical (unpaired) electrons. The Morgan fingerprint density at radius 3 is 2.37 bits per heavy atom. The summed E-state index contributed by atoms with van der Waals surface area (Å²) in [6.45, 7) is 8.50. The van der Waals surface area contributed by atoms with Gasteiger partial charge in [0.2, 0.25) is 0 Å². The summed E-state index contributed by atoms with van der Waals surface area (Å²) in [5.74, 6) is 0.426. The Kier molecular flexibility index (Phi) is 4.58. The maximum Gasteiger partial charge on any atom is 0.0830 e. The van der Waals surface area contributed by atoms with Crippen LogP contribution in [0, 0.1) is 19.8 Å². The van der Waals surface area contributed by atoms with E-state index < -0.39 is 0 Å². The molecule has 1 saturated heterocycles. The summed E-state index contributed by atoms with van der Waals surface area (Å²) in [5, 5.41) is 3.40. The van der Waals surface area contributed by atoms with Crippen molar-refractivity contribution in [2.24, 2.45) is 5.92 Å². The van der Waals surface area contributed by atoms with E-state index in [1.807, 2.05) is 0 Å². The Hall–Kier alpha value is -0.930. The fraction of sp³-hybridized carbons (Fsp3) is 0.562. The molecule has 2 atom stereocenters. The van der Waals surface area contributed by atoms with Gasteiger partial charge in [0.05, 0.1) is 17.2 Å². The van der Waals surface area contributed by atoms with Gasteiger partial charge in [0.25, 0.3) is 0 Å². The fourth-order valence-electron chi connectivity index (χ4n) is 2.68. The largest absolute Gasteiger partial charge is 0.376 e. The predicted molar refractivity (Wildman–Crippen MR) is 84.9 cm³/mol. The molecule has 0 saturated carbocycles. The molecule has 104 valence electrons. The van der Waals surface area contributed by atoms with E-state index in [1.54, 1.807) is 0 Å². The van der Waals surface area contributed by atoms with E-state index in [2.05, 4.69) is 51.2 Å². The molecule has 3 heteroatoms. The molecule has 19 heavy (non-hydrogen) atoms. The second kappa shape index (κ2) is 6.02. The van der Waals surface area contributed by atoms with Gasteiger partial charge in [-0.15, -0.1) is 0 Å². The highest BCUT2D eigenvalue weighted by Crippen LogP contribution is 2.27. The van der Waals surface area contributed by atoms with Gasteiger partial charge in [-0.3, -0.25) is 0 Å². The minimum Gasteiger partial charge on any atom is -0.376 e. The average molecular weight is 277 g/mol. The first-order chi connectivity index (χ1) is 8.95. The summed E-state index contributed by atoms with van der Waals surface area (Å²) in [6, 6.07) is 6.39. The van der Waals surface area contributed by atoms with Crippen LogP contribution in [0.25, 0.3) is 0 Å². The van der Waals surface area contributed by atoms with Crippen LogP contribution in [0.15, 0.2) is 18.2 Å². The quantitative estimate of drug-likeness (QED) is 0.817. The van der Waals surface area contributed by atoms with Gasteiger partial charge in [0.1, 0.15) is 0 Å². The topological polar surface area (TPSA) is 21.3 Å². The van der Waals surface area contributed by atoms with E-state index in [-0.39, 0.29) is 0 Å². The third kappa shape index (κ3) is 3.77. The van der Waals surface area contributed by atoms with Crippen LogP contribution >= 0.6 is 12.2 Å². The molecule has 0 amide bonds. The van der Waals surface area contributed by atoms with Crippen molar-refractivity contribution in [3.8, 4) is 0 Å². The molecule has 0 bridgehead atoms. The molecule has 0 unspecified atom stereocenters. The minimum atomic E-state index is 0.299. The van der Waals surface area contributed by atoms with Crippen LogP contribution in [0.1, 0.15) is 37.8 Å². The number of rotatable bonds is 2. The molecule has 1 fully saturated rings. The lowest BCUT2D eigenvalue weighted by molar-refractivity contribution is -0.0399. The first-order valence-corrected chi connectivity index (χ1v) is 7.40. The summed E-state index contributed by atoms with van der Waals surface area (Å²) >= 11 is 5.57. The van der Waals surface area contributed by atoms with Gasteiger partial charge in [-0.2, -0.15) is 0 Å². The van der Waals surface area contributed by atoms with Crippen molar-refractivity contribution in [1.82, 2.24) is 0 Å². The van der Waals surface area contributed by atoms with Gasteiger partial charge in [0, 0.05) is 11.6 Å². The van der Waals surface area contributed by atoms with Crippen LogP contribution in [0.2, 0.25) is 0 Å². The van der Waals surface area contributed by atoms with Crippen molar-refractivity contribution in [3.63, 3.8) is 0 Å². The van der Waals surface area contributed by atoms with Gasteiger partial charge in [-0.05, 0) is 63.8 Å². The van der Waals surface area contributed by atoms with Crippen molar-refractivity contribution in [2.45, 2.75) is 52.7 Å². The average Bonchev–Trinajstić information content (AvgIpc) is 2.32. The fourth-order valence-corrected chi connectivity index (χ4v) is 2.99. The van der Waals surface area contributed by atoms with Crippen molar-refractivity contribution in [2.75, 3.05) is 5.32 Å². The van der Waals surface area contributed by atoms with Crippen molar-refractivity contribution < 1.29 is 4.74 Å². The zero-order chi connectivity index (χ0) is 14.0. The lowest BCUT2D eigenvalue weighted by Gasteiger charge is -2.32. The molecule has 2 rings (SSSR count). The Morgan fingerprint density at radius 2 is 1.79 bits per heavy atom. The van der Waals surface area contributed by atoms with Gasteiger partial charge >= 0.3 is 0 Å². The molecular formula is C16H23NOS. The molecule has 1 aromatic rings. The van der Waals surface area contributed by atoms with Crippen LogP contribution in [0.5, 0.6) is 0 Å². The molecule has 1 aliphatic heterocycles. The zero-order valence-electron chi connectivity index (χ0n) is 12.2. The number of thiocarbonyl (C=S) groups is 1. The van der Waals surface area contributed by atoms with Gasteiger partial charge in [0.15, 0.2) is 0 Å². The number of ether oxygens (including phenoxy) is 1. The van der Waals surface area contributed by atoms with Crippen molar-refractivity contribution >= 4 is 22.9 Å². The molecule has 1 N–H and O–H groups in total. The lowest BCUT2D eigenvalue weighted by atomic mass is 9.92. The number of anilines is 1. The van der Waals surface area contributed by atoms with E-state index in [1.165, 1.54) is 11.1 Å². The highest BCUT2D eigenvalue weighted by atomic mass is 32.1. The number of benzene rings is 1. The Balaban J connectivity index is 2.02. The molecule has 1 aromatic carbocycles. The first kappa shape index (κ1) is 14.5. The third-order valence-electron chi connectivity index (χ3n) is 3.84. The van der Waals surface area contributed by atoms with Crippen molar-refractivity contribution in [3.05, 3.63) is 29.3 Å². The molecule has 1 heterocycles. The zero-order valence-corrected chi connectivity index (χ0v) is 13.0. The van der Waals surface area contributed by atoms with Crippen LogP contribution in [-0.2, 0) is 4.74 Å². The smallest absolute Gasteiger partial charge is 0.0830 e. The maximum atomic E-state index is 5.76.